The van der Waals surface area contributed by atoms with Gasteiger partial charge in [0.2, 0.25) is 0 Å². The number of benzene rings is 1. The number of halogens is 3. The lowest BCUT2D eigenvalue weighted by molar-refractivity contribution is 0.684. The number of hydrogen-bond acceptors (Lipinski definition) is 1. The maximum Gasteiger partial charge on any atom is 0.0589 e. The van der Waals surface area contributed by atoms with Gasteiger partial charge < -0.3 is 0 Å². The first-order valence-electron chi connectivity index (χ1n) is 3.54. The summed E-state index contributed by atoms with van der Waals surface area (Å²) in [5.74, 6) is 0.733. The van der Waals surface area contributed by atoms with E-state index >= 15 is 0 Å². The fraction of sp³-hybridized carbons (Fsp3) is 0.250. The lowest BCUT2D eigenvalue weighted by Crippen LogP contribution is -1.99. The molecule has 0 spiro atoms. The van der Waals surface area contributed by atoms with Gasteiger partial charge in [-0.2, -0.15) is 0 Å². The van der Waals surface area contributed by atoms with Gasteiger partial charge in [-0.25, -0.2) is 0 Å². The van der Waals surface area contributed by atoms with Crippen molar-refractivity contribution in [1.29, 1.82) is 0 Å². The number of hydrogen-bond donors (Lipinski definition) is 0. The summed E-state index contributed by atoms with van der Waals surface area (Å²) in [6.45, 7) is 0. The smallest absolute Gasteiger partial charge is 0.0589 e. The number of alkyl halides is 1. The fourth-order valence-electron chi connectivity index (χ4n) is 0.832. The molecule has 0 fully saturated rings. The van der Waals surface area contributed by atoms with E-state index in [-0.39, 0.29) is 0 Å². The van der Waals surface area contributed by atoms with Crippen molar-refractivity contribution in [2.75, 3.05) is 11.6 Å². The molecule has 5 heteroatoms. The normalized spacial score (nSPS) is 12.8. The van der Waals surface area contributed by atoms with Gasteiger partial charge in [0.05, 0.1) is 20.7 Å². The Bertz CT molecular complexity index is 327. The molecule has 0 aromatic heterocycles. The largest absolute Gasteiger partial charge is 0.254 e. The topological polar surface area (TPSA) is 17.1 Å². The second-order valence-electron chi connectivity index (χ2n) is 2.31. The summed E-state index contributed by atoms with van der Waals surface area (Å²) in [6.07, 6.45) is 0. The van der Waals surface area contributed by atoms with Gasteiger partial charge in [0.25, 0.3) is 0 Å². The van der Waals surface area contributed by atoms with Crippen molar-refractivity contribution < 1.29 is 4.21 Å². The van der Waals surface area contributed by atoms with E-state index in [1.807, 2.05) is 0 Å². The van der Waals surface area contributed by atoms with Crippen LogP contribution in [0.5, 0.6) is 0 Å². The molecular weight excluding hydrogens is 251 g/mol. The van der Waals surface area contributed by atoms with E-state index in [0.717, 1.165) is 0 Å². The Kier molecular flexibility index (Phi) is 4.53. The van der Waals surface area contributed by atoms with Crippen LogP contribution in [0.15, 0.2) is 23.1 Å². The molecule has 1 aromatic carbocycles. The molecule has 1 nitrogen and oxygen atoms in total. The van der Waals surface area contributed by atoms with Crippen LogP contribution in [0.2, 0.25) is 10.0 Å². The Morgan fingerprint density at radius 3 is 2.62 bits per heavy atom. The zero-order chi connectivity index (χ0) is 9.84. The van der Waals surface area contributed by atoms with Gasteiger partial charge in [0, 0.05) is 16.7 Å². The minimum Gasteiger partial charge on any atom is -0.254 e. The first-order chi connectivity index (χ1) is 6.15. The molecule has 72 valence electrons. The Labute approximate surface area is 94.4 Å². The predicted octanol–water partition coefficient (Wildman–Crippen LogP) is 3.34. The van der Waals surface area contributed by atoms with Crippen LogP contribution >= 0.6 is 34.8 Å². The highest BCUT2D eigenvalue weighted by atomic mass is 35.5. The highest BCUT2D eigenvalue weighted by molar-refractivity contribution is 7.85. The first kappa shape index (κ1) is 11.3. The van der Waals surface area contributed by atoms with Crippen molar-refractivity contribution >= 4 is 45.6 Å². The van der Waals surface area contributed by atoms with Gasteiger partial charge >= 0.3 is 0 Å². The third-order valence-electron chi connectivity index (χ3n) is 1.40. The van der Waals surface area contributed by atoms with Crippen LogP contribution in [-0.4, -0.2) is 15.8 Å². The van der Waals surface area contributed by atoms with E-state index in [1.54, 1.807) is 18.2 Å². The molecule has 13 heavy (non-hydrogen) atoms. The molecule has 1 atom stereocenters. The van der Waals surface area contributed by atoms with E-state index in [9.17, 15) is 4.21 Å². The molecule has 0 saturated heterocycles. The lowest BCUT2D eigenvalue weighted by atomic mass is 10.4. The third kappa shape index (κ3) is 3.13. The second kappa shape index (κ2) is 5.20. The molecular formula is C8H7Cl3OS. The first-order valence-corrected chi connectivity index (χ1v) is 6.15. The van der Waals surface area contributed by atoms with Crippen molar-refractivity contribution in [3.05, 3.63) is 28.2 Å². The summed E-state index contributed by atoms with van der Waals surface area (Å²) in [6, 6.07) is 4.89. The fourth-order valence-corrected chi connectivity index (χ4v) is 2.77. The zero-order valence-electron chi connectivity index (χ0n) is 6.60. The van der Waals surface area contributed by atoms with Crippen LogP contribution in [-0.2, 0) is 10.8 Å². The third-order valence-corrected chi connectivity index (χ3v) is 3.89. The Morgan fingerprint density at radius 2 is 2.00 bits per heavy atom. The molecule has 0 aliphatic heterocycles. The quantitative estimate of drug-likeness (QED) is 0.759. The molecule has 0 saturated carbocycles. The molecule has 1 aromatic rings. The van der Waals surface area contributed by atoms with E-state index in [4.69, 9.17) is 34.8 Å². The van der Waals surface area contributed by atoms with Crippen LogP contribution in [0.25, 0.3) is 0 Å². The van der Waals surface area contributed by atoms with Gasteiger partial charge in [-0.1, -0.05) is 23.2 Å². The van der Waals surface area contributed by atoms with Crippen molar-refractivity contribution in [3.63, 3.8) is 0 Å². The molecule has 1 unspecified atom stereocenters. The van der Waals surface area contributed by atoms with Gasteiger partial charge in [0.1, 0.15) is 0 Å². The summed E-state index contributed by atoms with van der Waals surface area (Å²) >= 11 is 17.0. The summed E-state index contributed by atoms with van der Waals surface area (Å²) < 4.78 is 11.5. The molecule has 0 N–H and O–H groups in total. The molecule has 0 radical (unpaired) electrons. The van der Waals surface area contributed by atoms with Crippen molar-refractivity contribution in [2.45, 2.75) is 4.90 Å². The highest BCUT2D eigenvalue weighted by Gasteiger charge is 2.08. The predicted molar refractivity (Wildman–Crippen MR) is 58.5 cm³/mol. The maximum atomic E-state index is 11.5. The standard InChI is InChI=1S/C8H7Cl3OS/c9-3-4-13(12)8-5-6(10)1-2-7(8)11/h1-2,5H,3-4H2. The van der Waals surface area contributed by atoms with Crippen LogP contribution in [0.1, 0.15) is 0 Å². The molecule has 0 aliphatic rings. The second-order valence-corrected chi connectivity index (χ2v) is 5.07. The maximum absolute atomic E-state index is 11.5. The van der Waals surface area contributed by atoms with Crippen LogP contribution in [0.3, 0.4) is 0 Å². The molecule has 0 bridgehead atoms. The molecule has 0 amide bonds. The number of rotatable bonds is 3. The van der Waals surface area contributed by atoms with Gasteiger partial charge in [-0.3, -0.25) is 4.21 Å². The molecule has 0 heterocycles. The summed E-state index contributed by atoms with van der Waals surface area (Å²) in [4.78, 5) is 0.551. The van der Waals surface area contributed by atoms with Gasteiger partial charge in [-0.15, -0.1) is 11.6 Å². The monoisotopic (exact) mass is 256 g/mol. The van der Waals surface area contributed by atoms with E-state index in [2.05, 4.69) is 0 Å². The van der Waals surface area contributed by atoms with Crippen LogP contribution in [0.4, 0.5) is 0 Å². The Balaban J connectivity index is 2.99. The molecule has 1 rings (SSSR count). The highest BCUT2D eigenvalue weighted by Crippen LogP contribution is 2.23. The van der Waals surface area contributed by atoms with Crippen molar-refractivity contribution in [1.82, 2.24) is 0 Å². The van der Waals surface area contributed by atoms with E-state index < -0.39 is 10.8 Å². The van der Waals surface area contributed by atoms with Gasteiger partial charge in [0.15, 0.2) is 0 Å². The van der Waals surface area contributed by atoms with Crippen molar-refractivity contribution in [3.8, 4) is 0 Å². The summed E-state index contributed by atoms with van der Waals surface area (Å²) in [5.41, 5.74) is 0. The van der Waals surface area contributed by atoms with Crippen molar-refractivity contribution in [2.24, 2.45) is 0 Å². The average molecular weight is 258 g/mol. The zero-order valence-corrected chi connectivity index (χ0v) is 9.68. The van der Waals surface area contributed by atoms with Gasteiger partial charge in [-0.05, 0) is 18.2 Å². The summed E-state index contributed by atoms with van der Waals surface area (Å²) in [7, 11) is -1.15. The lowest BCUT2D eigenvalue weighted by Gasteiger charge is -2.02. The molecule has 0 aliphatic carbocycles. The van der Waals surface area contributed by atoms with Crippen LogP contribution in [0, 0.1) is 0 Å². The minimum atomic E-state index is -1.15. The van der Waals surface area contributed by atoms with Crippen LogP contribution < -0.4 is 0 Å². The summed E-state index contributed by atoms with van der Waals surface area (Å²) in [5, 5.41) is 0.996. The Morgan fingerprint density at radius 1 is 1.31 bits per heavy atom. The van der Waals surface area contributed by atoms with E-state index in [0.29, 0.717) is 26.6 Å². The Hall–Kier alpha value is 0.240. The average Bonchev–Trinajstić information content (AvgIpc) is 2.09. The minimum absolute atomic E-state index is 0.343. The van der Waals surface area contributed by atoms with E-state index in [1.165, 1.54) is 0 Å². The SMILES string of the molecule is O=S(CCCl)c1cc(Cl)ccc1Cl.